The van der Waals surface area contributed by atoms with Crippen LogP contribution in [-0.4, -0.2) is 61.6 Å². The lowest BCUT2D eigenvalue weighted by Gasteiger charge is -2.34. The standard InChI is InChI=1S/C31H36BrN7O5/c1-7-8-16-38-24-25(35-28(38)37-15-11-12-19(17-37)33-29(41)44-31(2,3)4)36(5)30(42)39(27(24)40)18-22-20-13-9-10-14-21(20)23(32)26(34-22)43-6/h9-10,13-14,19H,11-12,15-18H2,1-6H3,(H,33,41). The summed E-state index contributed by atoms with van der Waals surface area (Å²) in [5, 5.41) is 4.60. The number of benzene rings is 1. The molecule has 4 heterocycles. The average molecular weight is 667 g/mol. The van der Waals surface area contributed by atoms with Gasteiger partial charge in [-0.3, -0.25) is 18.5 Å². The molecule has 1 fully saturated rings. The van der Waals surface area contributed by atoms with Crippen LogP contribution >= 0.6 is 15.9 Å². The van der Waals surface area contributed by atoms with Gasteiger partial charge in [-0.25, -0.2) is 14.6 Å². The van der Waals surface area contributed by atoms with Gasteiger partial charge in [-0.15, -0.1) is 5.92 Å². The van der Waals surface area contributed by atoms with Crippen molar-refractivity contribution < 1.29 is 14.3 Å². The molecule has 232 valence electrons. The number of hydrogen-bond acceptors (Lipinski definition) is 8. The Morgan fingerprint density at radius 2 is 1.89 bits per heavy atom. The zero-order valence-corrected chi connectivity index (χ0v) is 27.3. The quantitative estimate of drug-likeness (QED) is 0.309. The number of nitrogens with zero attached hydrogens (tertiary/aromatic N) is 6. The van der Waals surface area contributed by atoms with Crippen LogP contribution < -0.4 is 26.2 Å². The lowest BCUT2D eigenvalue weighted by molar-refractivity contribution is 0.0499. The number of carbonyl (C=O) groups is 1. The molecule has 1 atom stereocenters. The Hall–Kier alpha value is -4.31. The number of rotatable bonds is 6. The molecule has 0 radical (unpaired) electrons. The first kappa shape index (κ1) is 31.1. The maximum absolute atomic E-state index is 14.2. The summed E-state index contributed by atoms with van der Waals surface area (Å²) in [6.45, 7) is 8.43. The van der Waals surface area contributed by atoms with Crippen molar-refractivity contribution >= 4 is 49.9 Å². The van der Waals surface area contributed by atoms with Crippen molar-refractivity contribution in [3.05, 3.63) is 55.3 Å². The molecule has 1 amide bonds. The maximum Gasteiger partial charge on any atom is 0.407 e. The number of fused-ring (bicyclic) bond motifs is 2. The molecule has 0 aliphatic carbocycles. The van der Waals surface area contributed by atoms with Crippen LogP contribution in [0.5, 0.6) is 5.88 Å². The predicted octanol–water partition coefficient (Wildman–Crippen LogP) is 3.78. The van der Waals surface area contributed by atoms with Gasteiger partial charge < -0.3 is 19.7 Å². The van der Waals surface area contributed by atoms with E-state index in [9.17, 15) is 14.4 Å². The lowest BCUT2D eigenvalue weighted by Crippen LogP contribution is -2.49. The number of hydrogen-bond donors (Lipinski definition) is 1. The van der Waals surface area contributed by atoms with Crippen LogP contribution in [0.4, 0.5) is 10.7 Å². The highest BCUT2D eigenvalue weighted by molar-refractivity contribution is 9.10. The third kappa shape index (κ3) is 6.04. The topological polar surface area (TPSA) is 126 Å². The second-order valence-corrected chi connectivity index (χ2v) is 12.5. The van der Waals surface area contributed by atoms with Crippen LogP contribution in [0.3, 0.4) is 0 Å². The number of carbonyl (C=O) groups excluding carboxylic acids is 1. The maximum atomic E-state index is 14.2. The van der Waals surface area contributed by atoms with Crippen molar-refractivity contribution in [1.29, 1.82) is 0 Å². The fourth-order valence-electron chi connectivity index (χ4n) is 5.48. The van der Waals surface area contributed by atoms with Gasteiger partial charge in [0.2, 0.25) is 11.8 Å². The first-order chi connectivity index (χ1) is 20.9. The minimum atomic E-state index is -0.612. The summed E-state index contributed by atoms with van der Waals surface area (Å²) in [7, 11) is 3.12. The minimum absolute atomic E-state index is 0.0723. The van der Waals surface area contributed by atoms with Gasteiger partial charge >= 0.3 is 11.8 Å². The number of aromatic nitrogens is 5. The van der Waals surface area contributed by atoms with E-state index in [1.165, 1.54) is 16.2 Å². The molecular formula is C31H36BrN7O5. The smallest absolute Gasteiger partial charge is 0.407 e. The fraction of sp³-hybridized carbons (Fsp3) is 0.452. The zero-order valence-electron chi connectivity index (χ0n) is 25.7. The minimum Gasteiger partial charge on any atom is -0.480 e. The van der Waals surface area contributed by atoms with E-state index in [-0.39, 0.29) is 30.3 Å². The van der Waals surface area contributed by atoms with Crippen molar-refractivity contribution in [2.24, 2.45) is 7.05 Å². The van der Waals surface area contributed by atoms with Gasteiger partial charge in [0.25, 0.3) is 5.56 Å². The van der Waals surface area contributed by atoms with E-state index in [1.54, 1.807) is 18.5 Å². The van der Waals surface area contributed by atoms with Crippen LogP contribution in [0.2, 0.25) is 0 Å². The molecule has 5 rings (SSSR count). The number of alkyl carbamates (subject to hydrolysis) is 1. The van der Waals surface area contributed by atoms with Crippen LogP contribution in [0, 0.1) is 11.8 Å². The van der Waals surface area contributed by atoms with E-state index >= 15 is 0 Å². The molecule has 4 aromatic rings. The summed E-state index contributed by atoms with van der Waals surface area (Å²) in [4.78, 5) is 51.8. The molecule has 0 spiro atoms. The Bertz CT molecular complexity index is 1930. The molecule has 1 aromatic carbocycles. The Labute approximate surface area is 263 Å². The average Bonchev–Trinajstić information content (AvgIpc) is 3.37. The summed E-state index contributed by atoms with van der Waals surface area (Å²) in [6.07, 6.45) is 1.08. The number of amides is 1. The number of anilines is 1. The normalized spacial score (nSPS) is 15.2. The highest BCUT2D eigenvalue weighted by atomic mass is 79.9. The fourth-order valence-corrected chi connectivity index (χ4v) is 6.07. The van der Waals surface area contributed by atoms with Gasteiger partial charge in [0.05, 0.1) is 30.4 Å². The number of imidazole rings is 1. The van der Waals surface area contributed by atoms with E-state index in [1.807, 2.05) is 49.9 Å². The summed E-state index contributed by atoms with van der Waals surface area (Å²) < 4.78 is 15.9. The van der Waals surface area contributed by atoms with Gasteiger partial charge in [-0.1, -0.05) is 30.2 Å². The first-order valence-electron chi connectivity index (χ1n) is 14.4. The largest absolute Gasteiger partial charge is 0.480 e. The van der Waals surface area contributed by atoms with Gasteiger partial charge in [0.15, 0.2) is 11.2 Å². The van der Waals surface area contributed by atoms with E-state index in [0.29, 0.717) is 35.1 Å². The summed E-state index contributed by atoms with van der Waals surface area (Å²) >= 11 is 3.56. The van der Waals surface area contributed by atoms with Crippen LogP contribution in [0.25, 0.3) is 21.9 Å². The van der Waals surface area contributed by atoms with Gasteiger partial charge in [0, 0.05) is 37.0 Å². The number of nitrogens with one attached hydrogen (secondary N) is 1. The third-order valence-electron chi connectivity index (χ3n) is 7.45. The van der Waals surface area contributed by atoms with Gasteiger partial charge in [-0.05, 0) is 56.5 Å². The zero-order chi connectivity index (χ0) is 31.8. The molecule has 0 bridgehead atoms. The highest BCUT2D eigenvalue weighted by Gasteiger charge is 2.29. The summed E-state index contributed by atoms with van der Waals surface area (Å²) in [6, 6.07) is 7.41. The van der Waals surface area contributed by atoms with Crippen molar-refractivity contribution in [2.75, 3.05) is 25.1 Å². The molecule has 3 aromatic heterocycles. The second-order valence-electron chi connectivity index (χ2n) is 11.7. The molecule has 44 heavy (non-hydrogen) atoms. The molecule has 12 nitrogen and oxygen atoms in total. The third-order valence-corrected chi connectivity index (χ3v) is 8.22. The van der Waals surface area contributed by atoms with Crippen LogP contribution in [0.15, 0.2) is 38.3 Å². The number of piperidine rings is 1. The number of aryl methyl sites for hydroxylation is 1. The number of halogens is 1. The Morgan fingerprint density at radius 1 is 1.16 bits per heavy atom. The molecule has 1 aliphatic rings. The molecule has 1 saturated heterocycles. The molecule has 13 heteroatoms. The molecule has 1 unspecified atom stereocenters. The highest BCUT2D eigenvalue weighted by Crippen LogP contribution is 2.33. The number of methoxy groups -OCH3 is 1. The summed E-state index contributed by atoms with van der Waals surface area (Å²) in [5.41, 5.74) is -0.577. The van der Waals surface area contributed by atoms with Crippen molar-refractivity contribution in [1.82, 2.24) is 29.0 Å². The number of ether oxygens (including phenoxy) is 2. The molecule has 1 N–H and O–H groups in total. The molecular weight excluding hydrogens is 630 g/mol. The first-order valence-corrected chi connectivity index (χ1v) is 15.2. The Morgan fingerprint density at radius 3 is 2.57 bits per heavy atom. The van der Waals surface area contributed by atoms with Gasteiger partial charge in [-0.2, -0.15) is 4.98 Å². The molecule has 0 saturated carbocycles. The van der Waals surface area contributed by atoms with Crippen LogP contribution in [-0.2, 0) is 24.9 Å². The monoisotopic (exact) mass is 665 g/mol. The Kier molecular flexibility index (Phi) is 8.74. The molecule has 1 aliphatic heterocycles. The SMILES string of the molecule is CC#CCn1c(N2CCCC(NC(=O)OC(C)(C)C)C2)nc2c1c(=O)n(Cc1nc(OC)c(Br)c3ccccc13)c(=O)n2C. The van der Waals surface area contributed by atoms with E-state index < -0.39 is 22.9 Å². The van der Waals surface area contributed by atoms with E-state index in [4.69, 9.17) is 14.5 Å². The second kappa shape index (κ2) is 12.4. The van der Waals surface area contributed by atoms with E-state index in [0.717, 1.165) is 23.6 Å². The summed E-state index contributed by atoms with van der Waals surface area (Å²) in [5.74, 6) is 6.82. The van der Waals surface area contributed by atoms with Crippen molar-refractivity contribution in [2.45, 2.75) is 65.3 Å². The van der Waals surface area contributed by atoms with Crippen LogP contribution in [0.1, 0.15) is 46.2 Å². The lowest BCUT2D eigenvalue weighted by atomic mass is 10.1. The van der Waals surface area contributed by atoms with Crippen molar-refractivity contribution in [3.63, 3.8) is 0 Å². The van der Waals surface area contributed by atoms with E-state index in [2.05, 4.69) is 38.1 Å². The predicted molar refractivity (Wildman–Crippen MR) is 172 cm³/mol. The van der Waals surface area contributed by atoms with Gasteiger partial charge in [0.1, 0.15) is 5.60 Å². The Balaban J connectivity index is 1.60. The van der Waals surface area contributed by atoms with Crippen molar-refractivity contribution in [3.8, 4) is 17.7 Å². The number of pyridine rings is 1.